The number of hydrogen-bond donors (Lipinski definition) is 0. The Morgan fingerprint density at radius 1 is 1.09 bits per heavy atom. The first-order chi connectivity index (χ1) is 21.4. The van der Waals surface area contributed by atoms with Gasteiger partial charge in [-0.25, -0.2) is 9.59 Å². The Balaban J connectivity index is 1.62. The Morgan fingerprint density at radius 3 is 2.37 bits per heavy atom. The van der Waals surface area contributed by atoms with Crippen LogP contribution in [0.4, 0.5) is 18.0 Å². The van der Waals surface area contributed by atoms with Crippen LogP contribution in [-0.2, 0) is 30.9 Å². The molecule has 0 N–H and O–H groups in total. The molecule has 5 rings (SSSR count). The molecule has 1 aromatic heterocycles. The summed E-state index contributed by atoms with van der Waals surface area (Å²) < 4.78 is 87.7. The van der Waals surface area contributed by atoms with Gasteiger partial charge in [0.15, 0.2) is 0 Å². The van der Waals surface area contributed by atoms with E-state index in [1.165, 1.54) is 23.9 Å². The number of aromatic nitrogens is 1. The van der Waals surface area contributed by atoms with Crippen molar-refractivity contribution in [2.45, 2.75) is 82.7 Å². The van der Waals surface area contributed by atoms with Gasteiger partial charge in [0.05, 0.1) is 23.8 Å². The Bertz CT molecular complexity index is 1740. The van der Waals surface area contributed by atoms with Crippen LogP contribution in [0, 0.1) is 6.92 Å². The number of aryl methyl sites for hydroxylation is 1. The molecule has 0 amide bonds. The van der Waals surface area contributed by atoms with E-state index in [0.29, 0.717) is 48.0 Å². The number of halogens is 3. The number of ether oxygens (including phenoxy) is 3. The average molecular weight is 667 g/mol. The molecule has 3 aromatic rings. The number of likely N-dealkylation sites (tertiary alicyclic amines) is 1. The number of rotatable bonds is 6. The van der Waals surface area contributed by atoms with Crippen LogP contribution < -0.4 is 4.18 Å². The van der Waals surface area contributed by atoms with E-state index in [1.807, 2.05) is 4.90 Å². The van der Waals surface area contributed by atoms with Crippen LogP contribution >= 0.6 is 0 Å². The van der Waals surface area contributed by atoms with Crippen molar-refractivity contribution < 1.29 is 49.6 Å². The maximum absolute atomic E-state index is 13.5. The van der Waals surface area contributed by atoms with Gasteiger partial charge in [0.25, 0.3) is 0 Å². The Morgan fingerprint density at radius 2 is 1.78 bits per heavy atom. The van der Waals surface area contributed by atoms with Crippen molar-refractivity contribution in [3.05, 3.63) is 64.8 Å². The number of esters is 1. The minimum absolute atomic E-state index is 0.0165. The predicted octanol–water partition coefficient (Wildman–Crippen LogP) is 6.63. The molecule has 0 aliphatic carbocycles. The third-order valence-electron chi connectivity index (χ3n) is 8.43. The highest BCUT2D eigenvalue weighted by molar-refractivity contribution is 7.88. The lowest BCUT2D eigenvalue weighted by Crippen LogP contribution is -2.45. The summed E-state index contributed by atoms with van der Waals surface area (Å²) in [7, 11) is -4.72. The minimum Gasteiger partial charge on any atom is -0.465 e. The van der Waals surface area contributed by atoms with Gasteiger partial charge in [-0.05, 0) is 88.8 Å². The molecule has 2 fully saturated rings. The fraction of sp³-hybridized carbons (Fsp3) is 0.500. The summed E-state index contributed by atoms with van der Waals surface area (Å²) >= 11 is 0. The van der Waals surface area contributed by atoms with Crippen LogP contribution in [0.1, 0.15) is 79.5 Å². The van der Waals surface area contributed by atoms with E-state index in [2.05, 4.69) is 0 Å². The molecule has 14 heteroatoms. The fourth-order valence-electron chi connectivity index (χ4n) is 6.31. The molecule has 0 radical (unpaired) electrons. The third-order valence-corrected chi connectivity index (χ3v) is 9.39. The summed E-state index contributed by atoms with van der Waals surface area (Å²) in [6, 6.07) is 9.32. The first kappa shape index (κ1) is 33.7. The molecule has 2 aromatic carbocycles. The van der Waals surface area contributed by atoms with E-state index in [-0.39, 0.29) is 23.8 Å². The van der Waals surface area contributed by atoms with Crippen molar-refractivity contribution in [2.75, 3.05) is 20.3 Å². The van der Waals surface area contributed by atoms with Gasteiger partial charge >= 0.3 is 27.7 Å². The van der Waals surface area contributed by atoms with Gasteiger partial charge in [0, 0.05) is 42.9 Å². The molecule has 10 nitrogen and oxygen atoms in total. The molecular weight excluding hydrogens is 629 g/mol. The van der Waals surface area contributed by atoms with Crippen molar-refractivity contribution in [3.63, 3.8) is 0 Å². The SMILES string of the molecule is COC(=O)c1ccc([C@@H]2CC3(CCCO3)CCN2Cc2c(OS(=O)(=O)C(F)(F)F)cc(C)c3c2ccn3C(=O)OC(C)(C)C)cc1. The van der Waals surface area contributed by atoms with Crippen LogP contribution in [-0.4, -0.2) is 66.9 Å². The van der Waals surface area contributed by atoms with Crippen LogP contribution in [0.5, 0.6) is 5.75 Å². The van der Waals surface area contributed by atoms with Crippen molar-refractivity contribution in [1.29, 1.82) is 0 Å². The van der Waals surface area contributed by atoms with Crippen LogP contribution in [0.15, 0.2) is 42.6 Å². The van der Waals surface area contributed by atoms with E-state index in [0.717, 1.165) is 18.4 Å². The number of methoxy groups -OCH3 is 1. The third kappa shape index (κ3) is 6.74. The Hall–Kier alpha value is -3.62. The quantitative estimate of drug-likeness (QED) is 0.162. The number of fused-ring (bicyclic) bond motifs is 1. The molecule has 2 saturated heterocycles. The van der Waals surface area contributed by atoms with E-state index in [1.54, 1.807) is 58.0 Å². The average Bonchev–Trinajstić information content (AvgIpc) is 3.62. The number of hydrogen-bond acceptors (Lipinski definition) is 9. The lowest BCUT2D eigenvalue weighted by Gasteiger charge is -2.45. The minimum atomic E-state index is -6.01. The van der Waals surface area contributed by atoms with E-state index < -0.39 is 39.0 Å². The Labute approximate surface area is 265 Å². The lowest BCUT2D eigenvalue weighted by molar-refractivity contribution is -0.0677. The largest absolute Gasteiger partial charge is 0.534 e. The molecule has 3 heterocycles. The summed E-state index contributed by atoms with van der Waals surface area (Å²) in [5, 5.41) is 0.343. The first-order valence-corrected chi connectivity index (χ1v) is 16.3. The van der Waals surface area contributed by atoms with Crippen molar-refractivity contribution in [2.24, 2.45) is 0 Å². The summed E-state index contributed by atoms with van der Waals surface area (Å²) in [6.45, 7) is 7.74. The van der Waals surface area contributed by atoms with E-state index >= 15 is 0 Å². The highest BCUT2D eigenvalue weighted by atomic mass is 32.2. The highest BCUT2D eigenvalue weighted by Crippen LogP contribution is 2.46. The zero-order valence-electron chi connectivity index (χ0n) is 26.3. The summed E-state index contributed by atoms with van der Waals surface area (Å²) in [6.07, 6.45) is 3.71. The normalized spacial score (nSPS) is 21.1. The van der Waals surface area contributed by atoms with Gasteiger partial charge in [-0.15, -0.1) is 0 Å². The zero-order chi connectivity index (χ0) is 33.7. The molecule has 250 valence electrons. The zero-order valence-corrected chi connectivity index (χ0v) is 27.1. The summed E-state index contributed by atoms with van der Waals surface area (Å²) in [5.74, 6) is -0.978. The fourth-order valence-corrected chi connectivity index (χ4v) is 6.79. The second-order valence-electron chi connectivity index (χ2n) is 12.8. The number of alkyl halides is 3. The van der Waals surface area contributed by atoms with Crippen LogP contribution in [0.25, 0.3) is 10.9 Å². The van der Waals surface area contributed by atoms with Crippen molar-refractivity contribution >= 4 is 33.1 Å². The smallest absolute Gasteiger partial charge is 0.465 e. The molecule has 2 aliphatic heterocycles. The van der Waals surface area contributed by atoms with Crippen molar-refractivity contribution in [3.8, 4) is 5.75 Å². The highest BCUT2D eigenvalue weighted by Gasteiger charge is 2.49. The standard InChI is InChI=1S/C32H37F3N2O8S/c1-20-17-26(45-46(40,41)32(33,34)35)24(23-11-14-37(27(20)23)29(39)44-30(2,3)4)19-36-15-13-31(12-6-16-43-31)18-25(36)21-7-9-22(10-8-21)28(38)42-5/h7-11,14,17,25H,6,12-13,15-16,18-19H2,1-5H3/t25-,31?/m0/s1. The maximum Gasteiger partial charge on any atom is 0.534 e. The number of carbonyl (C=O) groups is 2. The second kappa shape index (κ2) is 12.2. The van der Waals surface area contributed by atoms with Gasteiger partial charge in [-0.2, -0.15) is 21.6 Å². The van der Waals surface area contributed by atoms with Crippen LogP contribution in [0.3, 0.4) is 0 Å². The number of benzene rings is 2. The molecule has 2 atom stereocenters. The molecule has 0 saturated carbocycles. The monoisotopic (exact) mass is 666 g/mol. The van der Waals surface area contributed by atoms with Gasteiger partial charge in [0.2, 0.25) is 0 Å². The summed E-state index contributed by atoms with van der Waals surface area (Å²) in [4.78, 5) is 27.2. The van der Waals surface area contributed by atoms with E-state index in [9.17, 15) is 31.2 Å². The van der Waals surface area contributed by atoms with Gasteiger partial charge in [-0.3, -0.25) is 9.47 Å². The predicted molar refractivity (Wildman–Crippen MR) is 162 cm³/mol. The topological polar surface area (TPSA) is 113 Å². The second-order valence-corrected chi connectivity index (χ2v) is 14.3. The summed E-state index contributed by atoms with van der Waals surface area (Å²) in [5.41, 5.74) is -4.84. The molecule has 0 bridgehead atoms. The first-order valence-electron chi connectivity index (χ1n) is 14.9. The lowest BCUT2D eigenvalue weighted by atomic mass is 9.81. The van der Waals surface area contributed by atoms with Crippen molar-refractivity contribution in [1.82, 2.24) is 9.47 Å². The number of carbonyl (C=O) groups excluding carboxylic acids is 2. The number of nitrogens with zero attached hydrogens (tertiary/aromatic N) is 2. The molecule has 1 spiro atoms. The van der Waals surface area contributed by atoms with Crippen LogP contribution in [0.2, 0.25) is 0 Å². The Kier molecular flexibility index (Phi) is 8.94. The maximum atomic E-state index is 13.5. The van der Waals surface area contributed by atoms with Gasteiger partial charge < -0.3 is 18.4 Å². The molecule has 46 heavy (non-hydrogen) atoms. The molecule has 1 unspecified atom stereocenters. The number of piperidine rings is 1. The molecule has 2 aliphatic rings. The molecular formula is C32H37F3N2O8S. The van der Waals surface area contributed by atoms with Gasteiger partial charge in [-0.1, -0.05) is 12.1 Å². The van der Waals surface area contributed by atoms with Gasteiger partial charge in [0.1, 0.15) is 11.4 Å². The van der Waals surface area contributed by atoms with E-state index in [4.69, 9.17) is 18.4 Å².